The van der Waals surface area contributed by atoms with Gasteiger partial charge in [-0.2, -0.15) is 0 Å². The first-order valence-electron chi connectivity index (χ1n) is 9.45. The molecule has 2 rings (SSSR count). The van der Waals surface area contributed by atoms with Crippen molar-refractivity contribution >= 4 is 40.0 Å². The van der Waals surface area contributed by atoms with Gasteiger partial charge in [-0.25, -0.2) is 12.7 Å². The van der Waals surface area contributed by atoms with Gasteiger partial charge in [0.25, 0.3) is 0 Å². The molecular weight excluding hydrogens is 505 g/mol. The van der Waals surface area contributed by atoms with Crippen LogP contribution in [0.25, 0.3) is 0 Å². The van der Waals surface area contributed by atoms with Crippen LogP contribution in [0.5, 0.6) is 0 Å². The Morgan fingerprint density at radius 1 is 1.17 bits per heavy atom. The topological polar surface area (TPSA) is 86.3 Å². The van der Waals surface area contributed by atoms with Crippen LogP contribution < -0.4 is 10.6 Å². The number of benzene rings is 1. The molecule has 0 radical (unpaired) electrons. The fourth-order valence-corrected chi connectivity index (χ4v) is 3.88. The molecule has 0 aliphatic carbocycles. The SMILES string of the molecule is CN=C(NCc1ccc(S(=O)(=O)N(C)C)cc1)NCC(C)(C)N1CCOCC1.I. The molecule has 0 amide bonds. The third-order valence-corrected chi connectivity index (χ3v) is 6.77. The van der Waals surface area contributed by atoms with Gasteiger partial charge in [0.15, 0.2) is 5.96 Å². The molecule has 1 heterocycles. The number of guanidine groups is 1. The Labute approximate surface area is 192 Å². The zero-order chi connectivity index (χ0) is 20.8. The van der Waals surface area contributed by atoms with Gasteiger partial charge in [-0.15, -0.1) is 24.0 Å². The monoisotopic (exact) mass is 539 g/mol. The number of nitrogens with zero attached hydrogens (tertiary/aromatic N) is 3. The van der Waals surface area contributed by atoms with E-state index in [0.29, 0.717) is 12.5 Å². The quantitative estimate of drug-likeness (QED) is 0.309. The lowest BCUT2D eigenvalue weighted by Crippen LogP contribution is -2.56. The summed E-state index contributed by atoms with van der Waals surface area (Å²) in [6, 6.07) is 6.89. The van der Waals surface area contributed by atoms with Crippen molar-refractivity contribution in [1.29, 1.82) is 0 Å². The fraction of sp³-hybridized carbons (Fsp3) is 0.632. The van der Waals surface area contributed by atoms with Gasteiger partial charge in [0, 0.05) is 52.9 Å². The Balaban J connectivity index is 0.00000420. The van der Waals surface area contributed by atoms with E-state index >= 15 is 0 Å². The first-order chi connectivity index (χ1) is 13.2. The number of halogens is 1. The number of aliphatic imine (C=N–C) groups is 1. The first kappa shape index (κ1) is 26.1. The van der Waals surface area contributed by atoms with Crippen LogP contribution >= 0.6 is 24.0 Å². The molecule has 0 atom stereocenters. The molecule has 0 spiro atoms. The van der Waals surface area contributed by atoms with Crippen molar-refractivity contribution in [3.63, 3.8) is 0 Å². The summed E-state index contributed by atoms with van der Waals surface area (Å²) in [6.45, 7) is 9.15. The van der Waals surface area contributed by atoms with Gasteiger partial charge in [0.2, 0.25) is 10.0 Å². The Morgan fingerprint density at radius 2 is 1.76 bits per heavy atom. The number of nitrogens with one attached hydrogen (secondary N) is 2. The van der Waals surface area contributed by atoms with Crippen LogP contribution in [-0.2, 0) is 21.3 Å². The molecule has 0 unspecified atom stereocenters. The fourth-order valence-electron chi connectivity index (χ4n) is 2.98. The Morgan fingerprint density at radius 3 is 2.28 bits per heavy atom. The zero-order valence-electron chi connectivity index (χ0n) is 17.9. The summed E-state index contributed by atoms with van der Waals surface area (Å²) in [5.74, 6) is 0.714. The Hall–Kier alpha value is -0.950. The molecule has 0 aromatic heterocycles. The van der Waals surface area contributed by atoms with Gasteiger partial charge in [-0.1, -0.05) is 12.1 Å². The highest BCUT2D eigenvalue weighted by Gasteiger charge is 2.28. The van der Waals surface area contributed by atoms with Crippen molar-refractivity contribution in [1.82, 2.24) is 19.8 Å². The van der Waals surface area contributed by atoms with Crippen LogP contribution in [0.15, 0.2) is 34.2 Å². The minimum Gasteiger partial charge on any atom is -0.379 e. The molecule has 166 valence electrons. The lowest BCUT2D eigenvalue weighted by molar-refractivity contribution is -0.00834. The molecule has 8 nitrogen and oxygen atoms in total. The molecule has 0 bridgehead atoms. The zero-order valence-corrected chi connectivity index (χ0v) is 21.1. The lowest BCUT2D eigenvalue weighted by atomic mass is 10.0. The van der Waals surface area contributed by atoms with E-state index < -0.39 is 10.0 Å². The second-order valence-electron chi connectivity index (χ2n) is 7.62. The molecule has 10 heteroatoms. The molecule has 1 fully saturated rings. The highest BCUT2D eigenvalue weighted by molar-refractivity contribution is 14.0. The highest BCUT2D eigenvalue weighted by atomic mass is 127. The summed E-state index contributed by atoms with van der Waals surface area (Å²) in [7, 11) is 1.39. The van der Waals surface area contributed by atoms with Crippen molar-refractivity contribution in [2.45, 2.75) is 30.8 Å². The average Bonchev–Trinajstić information content (AvgIpc) is 2.69. The van der Waals surface area contributed by atoms with Crippen LogP contribution in [0.2, 0.25) is 0 Å². The molecule has 1 saturated heterocycles. The van der Waals surface area contributed by atoms with Gasteiger partial charge < -0.3 is 15.4 Å². The van der Waals surface area contributed by atoms with E-state index in [9.17, 15) is 8.42 Å². The Bertz CT molecular complexity index is 761. The first-order valence-corrected chi connectivity index (χ1v) is 10.9. The number of hydrogen-bond acceptors (Lipinski definition) is 5. The van der Waals surface area contributed by atoms with Crippen molar-refractivity contribution in [3.8, 4) is 0 Å². The van der Waals surface area contributed by atoms with Gasteiger partial charge in [0.05, 0.1) is 18.1 Å². The maximum Gasteiger partial charge on any atom is 0.242 e. The molecular formula is C19H34IN5O3S. The van der Waals surface area contributed by atoms with E-state index in [1.165, 1.54) is 18.4 Å². The number of hydrogen-bond donors (Lipinski definition) is 2. The third kappa shape index (κ3) is 7.35. The van der Waals surface area contributed by atoms with E-state index in [4.69, 9.17) is 4.74 Å². The molecule has 0 saturated carbocycles. The van der Waals surface area contributed by atoms with Crippen LogP contribution in [0.1, 0.15) is 19.4 Å². The minimum atomic E-state index is -3.40. The van der Waals surface area contributed by atoms with Crippen molar-refractivity contribution in [3.05, 3.63) is 29.8 Å². The van der Waals surface area contributed by atoms with Gasteiger partial charge in [0.1, 0.15) is 0 Å². The average molecular weight is 539 g/mol. The lowest BCUT2D eigenvalue weighted by Gasteiger charge is -2.41. The molecule has 29 heavy (non-hydrogen) atoms. The van der Waals surface area contributed by atoms with Crippen LogP contribution in [0.3, 0.4) is 0 Å². The maximum atomic E-state index is 12.1. The second-order valence-corrected chi connectivity index (χ2v) is 9.77. The van der Waals surface area contributed by atoms with Crippen LogP contribution in [-0.4, -0.2) is 83.1 Å². The predicted molar refractivity (Wildman–Crippen MR) is 127 cm³/mol. The van der Waals surface area contributed by atoms with Crippen LogP contribution in [0.4, 0.5) is 0 Å². The number of sulfonamides is 1. The third-order valence-electron chi connectivity index (χ3n) is 4.94. The summed E-state index contributed by atoms with van der Waals surface area (Å²) >= 11 is 0. The van der Waals surface area contributed by atoms with Crippen molar-refractivity contribution < 1.29 is 13.2 Å². The molecule has 2 N–H and O–H groups in total. The smallest absolute Gasteiger partial charge is 0.242 e. The van der Waals surface area contributed by atoms with Crippen LogP contribution in [0, 0.1) is 0 Å². The number of ether oxygens (including phenoxy) is 1. The van der Waals surface area contributed by atoms with E-state index in [0.717, 1.165) is 38.4 Å². The molecule has 1 aliphatic heterocycles. The summed E-state index contributed by atoms with van der Waals surface area (Å²) < 4.78 is 30.9. The van der Waals surface area contributed by atoms with Gasteiger partial charge in [-0.05, 0) is 31.5 Å². The highest BCUT2D eigenvalue weighted by Crippen LogP contribution is 2.15. The standard InChI is InChI=1S/C19H33N5O3S.HI/c1-19(2,24-10-12-27-13-11-24)15-22-18(20-3)21-14-16-6-8-17(9-7-16)28(25,26)23(4)5;/h6-9H,10-15H2,1-5H3,(H2,20,21,22);1H. The summed E-state index contributed by atoms with van der Waals surface area (Å²) in [5.41, 5.74) is 0.969. The normalized spacial score (nSPS) is 16.4. The van der Waals surface area contributed by atoms with Gasteiger partial charge >= 0.3 is 0 Å². The summed E-state index contributed by atoms with van der Waals surface area (Å²) in [6.07, 6.45) is 0. The van der Waals surface area contributed by atoms with Crippen molar-refractivity contribution in [2.75, 3.05) is 54.0 Å². The van der Waals surface area contributed by atoms with Gasteiger partial charge in [-0.3, -0.25) is 9.89 Å². The number of rotatable bonds is 7. The minimum absolute atomic E-state index is 0. The molecule has 1 aliphatic rings. The second kappa shape index (κ2) is 11.4. The van der Waals surface area contributed by atoms with E-state index in [1.54, 1.807) is 19.2 Å². The maximum absolute atomic E-state index is 12.1. The predicted octanol–water partition coefficient (Wildman–Crippen LogP) is 1.33. The van der Waals surface area contributed by atoms with E-state index in [2.05, 4.69) is 34.4 Å². The van der Waals surface area contributed by atoms with E-state index in [1.807, 2.05) is 12.1 Å². The summed E-state index contributed by atoms with van der Waals surface area (Å²) in [5, 5.41) is 6.66. The molecule has 1 aromatic rings. The number of morpholine rings is 1. The molecule has 1 aromatic carbocycles. The largest absolute Gasteiger partial charge is 0.379 e. The van der Waals surface area contributed by atoms with Crippen molar-refractivity contribution in [2.24, 2.45) is 4.99 Å². The Kier molecular flexibility index (Phi) is 10.3. The van der Waals surface area contributed by atoms with E-state index in [-0.39, 0.29) is 34.4 Å². The summed E-state index contributed by atoms with van der Waals surface area (Å²) in [4.78, 5) is 6.99.